The first-order chi connectivity index (χ1) is 33.4. The minimum absolute atomic E-state index is 0.00614. The highest BCUT2D eigenvalue weighted by Crippen LogP contribution is 2.44. The lowest BCUT2D eigenvalue weighted by molar-refractivity contribution is -0.144. The number of nitrogens with two attached hydrogens (primary N) is 1. The van der Waals surface area contributed by atoms with Gasteiger partial charge in [-0.25, -0.2) is 4.98 Å². The topological polar surface area (TPSA) is 213 Å². The number of β-amino-alcohol motifs (C(OH)–C–C–N with tert-alkyl or cyclic N) is 1. The van der Waals surface area contributed by atoms with Crippen LogP contribution in [0.1, 0.15) is 118 Å². The monoisotopic (exact) mass is 973 g/mol. The summed E-state index contributed by atoms with van der Waals surface area (Å²) >= 11 is 1.58. The summed E-state index contributed by atoms with van der Waals surface area (Å²) in [6.07, 6.45) is 3.41. The maximum atomic E-state index is 14.2. The number of ether oxygens (including phenoxy) is 1. The van der Waals surface area contributed by atoms with Crippen LogP contribution < -0.4 is 26.6 Å². The largest absolute Gasteiger partial charge is 0.391 e. The second-order valence-electron chi connectivity index (χ2n) is 20.8. The Morgan fingerprint density at radius 3 is 2.31 bits per heavy atom. The molecule has 0 unspecified atom stereocenters. The van der Waals surface area contributed by atoms with E-state index in [9.17, 15) is 33.9 Å². The van der Waals surface area contributed by atoms with Gasteiger partial charge in [0.05, 0.1) is 46.6 Å². The van der Waals surface area contributed by atoms with E-state index in [1.165, 1.54) is 4.90 Å². The van der Waals surface area contributed by atoms with Crippen molar-refractivity contribution in [3.05, 3.63) is 106 Å². The number of benzene rings is 3. The Balaban J connectivity index is 0.800. The number of carbonyl (C=O) groups excluding carboxylic acids is 6. The Hall–Kier alpha value is -5.97. The molecule has 1 saturated carbocycles. The van der Waals surface area contributed by atoms with E-state index in [0.717, 1.165) is 75.3 Å². The standard InChI is InChI=1S/C54H67N7O8S/c1-31-49(70-30-57-31)38-18-12-33(13-19-38)27-56-51(66)43-26-41(62)28-60(43)53(68)50(54(3,4)5)59-46(64)24-35-22-40(23-35)36-16-14-34(15-17-36)29-69-32(2)42(20-21-45(55)63)58-52(67)44-25-39-10-6-8-37-9-7-11-47(65)61(44)48(37)39/h6,8,10,12-19,30,32,35,40-44,50,62H,7,9,11,20-29H2,1-5H3,(H2,55,63)(H,56,66)(H,58,67)(H,59,64)/t32-,35?,40?,41-,42+,43+,44+,50-/m1/s1. The van der Waals surface area contributed by atoms with Gasteiger partial charge < -0.3 is 36.4 Å². The van der Waals surface area contributed by atoms with E-state index < -0.39 is 47.7 Å². The Kier molecular flexibility index (Phi) is 15.5. The van der Waals surface area contributed by atoms with Crippen LogP contribution in [0.25, 0.3) is 10.4 Å². The molecule has 4 aromatic rings. The molecule has 6 amide bonds. The van der Waals surface area contributed by atoms with Crippen molar-refractivity contribution in [1.82, 2.24) is 25.8 Å². The second-order valence-corrected chi connectivity index (χ2v) is 21.7. The molecule has 4 aliphatic rings. The van der Waals surface area contributed by atoms with E-state index in [-0.39, 0.29) is 80.3 Å². The zero-order valence-corrected chi connectivity index (χ0v) is 41.7. The molecule has 0 radical (unpaired) electrons. The highest BCUT2D eigenvalue weighted by Gasteiger charge is 2.45. The number of hydrogen-bond donors (Lipinski definition) is 5. The lowest BCUT2D eigenvalue weighted by Crippen LogP contribution is -2.58. The van der Waals surface area contributed by atoms with Crippen molar-refractivity contribution in [3.8, 4) is 10.4 Å². The highest BCUT2D eigenvalue weighted by atomic mass is 32.1. The smallest absolute Gasteiger partial charge is 0.246 e. The summed E-state index contributed by atoms with van der Waals surface area (Å²) in [6, 6.07) is 19.1. The maximum absolute atomic E-state index is 14.2. The van der Waals surface area contributed by atoms with Gasteiger partial charge in [0, 0.05) is 45.2 Å². The van der Waals surface area contributed by atoms with Gasteiger partial charge in [0.2, 0.25) is 35.4 Å². The molecule has 1 saturated heterocycles. The molecule has 2 fully saturated rings. The minimum Gasteiger partial charge on any atom is -0.391 e. The van der Waals surface area contributed by atoms with E-state index in [0.29, 0.717) is 19.3 Å². The predicted octanol–water partition coefficient (Wildman–Crippen LogP) is 5.76. The quantitative estimate of drug-likeness (QED) is 0.0819. The molecule has 3 aliphatic heterocycles. The van der Waals surface area contributed by atoms with Crippen molar-refractivity contribution in [1.29, 1.82) is 0 Å². The van der Waals surface area contributed by atoms with Crippen molar-refractivity contribution in [2.24, 2.45) is 17.1 Å². The van der Waals surface area contributed by atoms with Gasteiger partial charge in [0.25, 0.3) is 0 Å². The summed E-state index contributed by atoms with van der Waals surface area (Å²) in [5.41, 5.74) is 14.6. The molecule has 372 valence electrons. The summed E-state index contributed by atoms with van der Waals surface area (Å²) in [4.78, 5) is 88.8. The summed E-state index contributed by atoms with van der Waals surface area (Å²) in [7, 11) is 0. The van der Waals surface area contributed by atoms with Gasteiger partial charge >= 0.3 is 0 Å². The number of nitrogens with zero attached hydrogens (tertiary/aromatic N) is 3. The van der Waals surface area contributed by atoms with Gasteiger partial charge in [0.1, 0.15) is 18.1 Å². The number of likely N-dealkylation sites (tertiary alicyclic amines) is 1. The molecule has 70 heavy (non-hydrogen) atoms. The number of aliphatic hydroxyl groups is 1. The number of rotatable bonds is 18. The Morgan fingerprint density at radius 1 is 0.914 bits per heavy atom. The Bertz CT molecular complexity index is 2570. The molecule has 0 bridgehead atoms. The van der Waals surface area contributed by atoms with Crippen LogP contribution in [-0.4, -0.2) is 93.4 Å². The normalized spacial score (nSPS) is 22.0. The van der Waals surface area contributed by atoms with Crippen LogP contribution in [0.15, 0.2) is 72.2 Å². The number of nitrogens with one attached hydrogen (secondary N) is 3. The first-order valence-electron chi connectivity index (χ1n) is 24.7. The maximum Gasteiger partial charge on any atom is 0.246 e. The van der Waals surface area contributed by atoms with Crippen molar-refractivity contribution >= 4 is 52.5 Å². The van der Waals surface area contributed by atoms with Gasteiger partial charge in [-0.1, -0.05) is 87.5 Å². The number of hydrogen-bond acceptors (Lipinski definition) is 10. The zero-order chi connectivity index (χ0) is 49.9. The lowest BCUT2D eigenvalue weighted by atomic mass is 9.70. The van der Waals surface area contributed by atoms with Crippen molar-refractivity contribution in [2.45, 2.75) is 154 Å². The van der Waals surface area contributed by atoms with Gasteiger partial charge in [-0.05, 0) is 96.6 Å². The molecule has 1 aromatic heterocycles. The van der Waals surface area contributed by atoms with E-state index in [2.05, 4.69) is 33.1 Å². The fraction of sp³-hybridized carbons (Fsp3) is 0.500. The molecule has 8 rings (SSSR count). The molecule has 16 heteroatoms. The number of thiazole rings is 1. The first-order valence-corrected chi connectivity index (χ1v) is 25.6. The summed E-state index contributed by atoms with van der Waals surface area (Å²) in [6.45, 7) is 10.0. The number of para-hydroxylation sites is 1. The van der Waals surface area contributed by atoms with Gasteiger partial charge in [-0.3, -0.25) is 33.7 Å². The molecule has 1 aliphatic carbocycles. The third kappa shape index (κ3) is 11.6. The average molecular weight is 974 g/mol. The zero-order valence-electron chi connectivity index (χ0n) is 40.9. The number of aryl methyl sites for hydroxylation is 2. The SMILES string of the molecule is Cc1ncsc1-c1ccc(CNC(=O)[C@@H]2C[C@@H](O)CN2C(=O)[C@@H](NC(=O)CC2CC(c3ccc(CO[C@H](C)[C@H](CCC(N)=O)NC(=O)[C@@H]4Cc5cccc6c5N4C(=O)CCC6)cc3)C2)C(C)(C)C)cc1. The molecule has 3 aromatic carbocycles. The predicted molar refractivity (Wildman–Crippen MR) is 267 cm³/mol. The fourth-order valence-electron chi connectivity index (χ4n) is 10.5. The van der Waals surface area contributed by atoms with Crippen LogP contribution in [0.4, 0.5) is 5.69 Å². The lowest BCUT2D eigenvalue weighted by Gasteiger charge is -2.38. The van der Waals surface area contributed by atoms with Crippen LogP contribution in [0.2, 0.25) is 0 Å². The van der Waals surface area contributed by atoms with Gasteiger partial charge in [-0.2, -0.15) is 0 Å². The number of aliphatic hydroxyl groups excluding tert-OH is 1. The highest BCUT2D eigenvalue weighted by molar-refractivity contribution is 7.13. The third-order valence-electron chi connectivity index (χ3n) is 14.6. The van der Waals surface area contributed by atoms with E-state index >= 15 is 0 Å². The summed E-state index contributed by atoms with van der Waals surface area (Å²) in [5, 5.41) is 19.7. The van der Waals surface area contributed by atoms with Crippen LogP contribution in [0, 0.1) is 18.3 Å². The summed E-state index contributed by atoms with van der Waals surface area (Å²) < 4.78 is 6.29. The Morgan fingerprint density at radius 2 is 1.63 bits per heavy atom. The molecule has 15 nitrogen and oxygen atoms in total. The third-order valence-corrected chi connectivity index (χ3v) is 15.5. The molecular formula is C54H67N7O8S. The first kappa shape index (κ1) is 50.4. The molecule has 4 heterocycles. The van der Waals surface area contributed by atoms with Crippen LogP contribution in [-0.2, 0) is 59.5 Å². The minimum atomic E-state index is -0.898. The van der Waals surface area contributed by atoms with E-state index in [1.54, 1.807) is 16.2 Å². The Labute approximate surface area is 414 Å². The number of aromatic nitrogens is 1. The number of primary amides is 1. The van der Waals surface area contributed by atoms with E-state index in [1.807, 2.05) is 94.7 Å². The van der Waals surface area contributed by atoms with Crippen molar-refractivity contribution < 1.29 is 38.6 Å². The average Bonchev–Trinajstić information content (AvgIpc) is 4.02. The number of amides is 6. The molecule has 6 atom stereocenters. The van der Waals surface area contributed by atoms with Crippen LogP contribution in [0.3, 0.4) is 0 Å². The van der Waals surface area contributed by atoms with Gasteiger partial charge in [-0.15, -0.1) is 11.3 Å². The molecule has 6 N–H and O–H groups in total. The summed E-state index contributed by atoms with van der Waals surface area (Å²) in [5.74, 6) is -1.35. The number of anilines is 1. The molecular weight excluding hydrogens is 907 g/mol. The fourth-order valence-corrected chi connectivity index (χ4v) is 11.3. The van der Waals surface area contributed by atoms with Crippen molar-refractivity contribution in [2.75, 3.05) is 11.4 Å². The van der Waals surface area contributed by atoms with Crippen molar-refractivity contribution in [3.63, 3.8) is 0 Å². The van der Waals surface area contributed by atoms with E-state index in [4.69, 9.17) is 10.5 Å². The van der Waals surface area contributed by atoms with Gasteiger partial charge in [0.15, 0.2) is 0 Å². The molecule has 0 spiro atoms. The number of carbonyl (C=O) groups is 6. The second kappa shape index (κ2) is 21.6. The van der Waals surface area contributed by atoms with Crippen LogP contribution >= 0.6 is 11.3 Å². The van der Waals surface area contributed by atoms with Crippen LogP contribution in [0.5, 0.6) is 0 Å².